The van der Waals surface area contributed by atoms with Gasteiger partial charge in [0.15, 0.2) is 0 Å². The molecule has 232 valence electrons. The van der Waals surface area contributed by atoms with E-state index in [1.165, 1.54) is 5.56 Å². The summed E-state index contributed by atoms with van der Waals surface area (Å²) in [5.41, 5.74) is 8.67. The number of nitrogens with zero attached hydrogens (tertiary/aromatic N) is 3. The predicted octanol–water partition coefficient (Wildman–Crippen LogP) is 5.01. The summed E-state index contributed by atoms with van der Waals surface area (Å²) in [7, 11) is 0. The first-order chi connectivity index (χ1) is 21.2. The van der Waals surface area contributed by atoms with E-state index < -0.39 is 11.9 Å². The maximum Gasteiger partial charge on any atom is 0.318 e. The summed E-state index contributed by atoms with van der Waals surface area (Å²) in [6.07, 6.45) is 6.90. The molecule has 0 bridgehead atoms. The molecule has 5 N–H and O–H groups in total. The van der Waals surface area contributed by atoms with Gasteiger partial charge in [-0.2, -0.15) is 0 Å². The number of benzene rings is 2. The Morgan fingerprint density at radius 3 is 2.18 bits per heavy atom. The van der Waals surface area contributed by atoms with Crippen LogP contribution in [0.4, 0.5) is 10.5 Å². The summed E-state index contributed by atoms with van der Waals surface area (Å²) in [5, 5.41) is 16.6. The lowest BCUT2D eigenvalue weighted by Gasteiger charge is -2.36. The number of hydrogen-bond acceptors (Lipinski definition) is 6. The fourth-order valence-corrected chi connectivity index (χ4v) is 7.25. The molecule has 0 radical (unpaired) electrons. The second-order valence-electron chi connectivity index (χ2n) is 11.3. The first kappa shape index (κ1) is 31.8. The largest absolute Gasteiger partial charge is 0.506 e. The number of amides is 4. The van der Waals surface area contributed by atoms with Crippen LogP contribution >= 0.6 is 31.9 Å². The van der Waals surface area contributed by atoms with Crippen molar-refractivity contribution in [3.63, 3.8) is 0 Å². The van der Waals surface area contributed by atoms with Gasteiger partial charge < -0.3 is 31.3 Å². The van der Waals surface area contributed by atoms with Crippen molar-refractivity contribution in [3.8, 4) is 5.75 Å². The SMILES string of the molecule is NC(=O)c1ccccc1NC1CCN(C(=O)N[C@H](Cc2cc(Br)c(O)c(Br)c2)C(=O)N2CCC(c3ccncc3)CC2)CC1. The molecule has 0 spiro atoms. The highest BCUT2D eigenvalue weighted by Gasteiger charge is 2.32. The first-order valence-corrected chi connectivity index (χ1v) is 16.3. The highest BCUT2D eigenvalue weighted by Crippen LogP contribution is 2.34. The Kier molecular flexibility index (Phi) is 10.4. The zero-order chi connectivity index (χ0) is 31.2. The Morgan fingerprint density at radius 2 is 1.55 bits per heavy atom. The molecular formula is C32H36Br2N6O4. The van der Waals surface area contributed by atoms with E-state index in [0.717, 1.165) is 18.4 Å². The molecule has 5 rings (SSSR count). The Hall–Kier alpha value is -3.64. The number of aromatic hydroxyl groups is 1. The summed E-state index contributed by atoms with van der Waals surface area (Å²) in [6, 6.07) is 13.7. The average Bonchev–Trinajstić information content (AvgIpc) is 3.04. The van der Waals surface area contributed by atoms with Crippen molar-refractivity contribution in [1.82, 2.24) is 20.1 Å². The van der Waals surface area contributed by atoms with E-state index in [-0.39, 0.29) is 30.2 Å². The Morgan fingerprint density at radius 1 is 0.932 bits per heavy atom. The van der Waals surface area contributed by atoms with Crippen LogP contribution < -0.4 is 16.4 Å². The summed E-state index contributed by atoms with van der Waals surface area (Å²) in [6.45, 7) is 2.20. The summed E-state index contributed by atoms with van der Waals surface area (Å²) < 4.78 is 1.01. The topological polar surface area (TPSA) is 141 Å². The molecule has 1 aromatic heterocycles. The Balaban J connectivity index is 1.24. The predicted molar refractivity (Wildman–Crippen MR) is 176 cm³/mol. The zero-order valence-electron chi connectivity index (χ0n) is 24.2. The number of nitrogens with one attached hydrogen (secondary N) is 2. The molecule has 44 heavy (non-hydrogen) atoms. The number of urea groups is 1. The third-order valence-corrected chi connectivity index (χ3v) is 9.64. The van der Waals surface area contributed by atoms with E-state index in [2.05, 4.69) is 47.5 Å². The highest BCUT2D eigenvalue weighted by atomic mass is 79.9. The summed E-state index contributed by atoms with van der Waals surface area (Å²) in [4.78, 5) is 46.9. The van der Waals surface area contributed by atoms with Gasteiger partial charge in [0.2, 0.25) is 5.91 Å². The third kappa shape index (κ3) is 7.71. The van der Waals surface area contributed by atoms with Gasteiger partial charge in [0, 0.05) is 56.7 Å². The number of carbonyl (C=O) groups is 3. The Bertz CT molecular complexity index is 1470. The molecule has 2 fully saturated rings. The second-order valence-corrected chi connectivity index (χ2v) is 13.0. The molecule has 12 heteroatoms. The molecular weight excluding hydrogens is 692 g/mol. The van der Waals surface area contributed by atoms with E-state index >= 15 is 0 Å². The van der Waals surface area contributed by atoms with Crippen LogP contribution in [0.25, 0.3) is 0 Å². The minimum absolute atomic E-state index is 0.0744. The maximum absolute atomic E-state index is 13.9. The smallest absolute Gasteiger partial charge is 0.318 e. The fraction of sp³-hybridized carbons (Fsp3) is 0.375. The number of primary amides is 1. The van der Waals surface area contributed by atoms with Gasteiger partial charge in [-0.25, -0.2) is 4.79 Å². The molecule has 3 aromatic rings. The molecule has 2 aliphatic rings. The number of likely N-dealkylation sites (tertiary alicyclic amines) is 2. The van der Waals surface area contributed by atoms with Crippen molar-refractivity contribution in [3.05, 3.63) is 86.6 Å². The van der Waals surface area contributed by atoms with E-state index in [9.17, 15) is 19.5 Å². The van der Waals surface area contributed by atoms with E-state index in [0.29, 0.717) is 65.1 Å². The van der Waals surface area contributed by atoms with Gasteiger partial charge >= 0.3 is 6.03 Å². The molecule has 2 aliphatic heterocycles. The van der Waals surface area contributed by atoms with Crippen molar-refractivity contribution >= 4 is 55.4 Å². The lowest BCUT2D eigenvalue weighted by atomic mass is 9.89. The average molecular weight is 728 g/mol. The number of para-hydroxylation sites is 1. The van der Waals surface area contributed by atoms with Crippen LogP contribution in [-0.4, -0.2) is 76.0 Å². The number of phenolic OH excluding ortho intramolecular Hbond substituents is 1. The number of aromatic nitrogens is 1. The molecule has 0 aliphatic carbocycles. The van der Waals surface area contributed by atoms with Crippen molar-refractivity contribution in [2.75, 3.05) is 31.5 Å². The van der Waals surface area contributed by atoms with Gasteiger partial charge in [-0.1, -0.05) is 12.1 Å². The molecule has 2 saturated heterocycles. The van der Waals surface area contributed by atoms with E-state index in [1.54, 1.807) is 41.6 Å². The second kappa shape index (κ2) is 14.4. The number of rotatable bonds is 8. The quantitative estimate of drug-likeness (QED) is 0.257. The number of piperidine rings is 2. The van der Waals surface area contributed by atoms with E-state index in [1.807, 2.05) is 29.2 Å². The van der Waals surface area contributed by atoms with Gasteiger partial charge in [-0.3, -0.25) is 14.6 Å². The number of pyridine rings is 1. The molecule has 4 amide bonds. The molecule has 1 atom stereocenters. The minimum atomic E-state index is -0.776. The molecule has 0 saturated carbocycles. The number of halogens is 2. The lowest BCUT2D eigenvalue weighted by molar-refractivity contribution is -0.134. The number of phenols is 1. The number of nitrogens with two attached hydrogens (primary N) is 1. The van der Waals surface area contributed by atoms with Crippen molar-refractivity contribution in [2.24, 2.45) is 5.73 Å². The third-order valence-electron chi connectivity index (χ3n) is 8.43. The van der Waals surface area contributed by atoms with Crippen LogP contribution in [-0.2, 0) is 11.2 Å². The zero-order valence-corrected chi connectivity index (χ0v) is 27.4. The van der Waals surface area contributed by atoms with Crippen LogP contribution in [0.5, 0.6) is 5.75 Å². The van der Waals surface area contributed by atoms with Gasteiger partial charge in [-0.05, 0) is 111 Å². The lowest BCUT2D eigenvalue weighted by Crippen LogP contribution is -2.55. The standard InChI is InChI=1S/C32H36Br2N6O4/c33-25-17-20(18-26(34)29(25)41)19-28(31(43)39-13-7-22(8-14-39)21-5-11-36-12-6-21)38-32(44)40-15-9-23(10-16-40)37-27-4-2-1-3-24(27)30(35)42/h1-6,11-12,17-18,22-23,28,37,41H,7-10,13-16,19H2,(H2,35,42)(H,38,44)/t28-/m1/s1. The van der Waals surface area contributed by atoms with Gasteiger partial charge in [0.05, 0.1) is 14.5 Å². The monoisotopic (exact) mass is 726 g/mol. The summed E-state index contributed by atoms with van der Waals surface area (Å²) >= 11 is 6.75. The van der Waals surface area contributed by atoms with Crippen LogP contribution in [0.1, 0.15) is 53.1 Å². The highest BCUT2D eigenvalue weighted by molar-refractivity contribution is 9.11. The van der Waals surface area contributed by atoms with Crippen LogP contribution in [0.15, 0.2) is 69.9 Å². The van der Waals surface area contributed by atoms with Crippen molar-refractivity contribution < 1.29 is 19.5 Å². The number of hydrogen-bond donors (Lipinski definition) is 4. The van der Waals surface area contributed by atoms with E-state index in [4.69, 9.17) is 5.73 Å². The van der Waals surface area contributed by atoms with Gasteiger partial charge in [0.1, 0.15) is 11.8 Å². The van der Waals surface area contributed by atoms with Crippen LogP contribution in [0, 0.1) is 0 Å². The fourth-order valence-electron chi connectivity index (χ4n) is 5.97. The number of carbonyl (C=O) groups excluding carboxylic acids is 3. The van der Waals surface area contributed by atoms with Crippen molar-refractivity contribution in [1.29, 1.82) is 0 Å². The van der Waals surface area contributed by atoms with Crippen molar-refractivity contribution in [2.45, 2.75) is 50.1 Å². The summed E-state index contributed by atoms with van der Waals surface area (Å²) in [5.74, 6) is -0.168. The van der Waals surface area contributed by atoms with Gasteiger partial charge in [0.25, 0.3) is 5.91 Å². The van der Waals surface area contributed by atoms with Crippen LogP contribution in [0.3, 0.4) is 0 Å². The normalized spacial score (nSPS) is 16.8. The molecule has 10 nitrogen and oxygen atoms in total. The van der Waals surface area contributed by atoms with Gasteiger partial charge in [-0.15, -0.1) is 0 Å². The molecule has 0 unspecified atom stereocenters. The minimum Gasteiger partial charge on any atom is -0.506 e. The Labute approximate surface area is 273 Å². The van der Waals surface area contributed by atoms with Crippen LogP contribution in [0.2, 0.25) is 0 Å². The molecule has 2 aromatic carbocycles. The maximum atomic E-state index is 13.9. The number of anilines is 1. The first-order valence-electron chi connectivity index (χ1n) is 14.8. The molecule has 3 heterocycles.